The third-order valence-corrected chi connectivity index (χ3v) is 2.53. The van der Waals surface area contributed by atoms with Gasteiger partial charge in [-0.15, -0.1) is 8.19 Å². The summed E-state index contributed by atoms with van der Waals surface area (Å²) in [7, 11) is 0.741. The summed E-state index contributed by atoms with van der Waals surface area (Å²) in [5.74, 6) is 0. The van der Waals surface area contributed by atoms with E-state index in [1.165, 1.54) is 10.5 Å². The molecular weight excluding hydrogens is 143 g/mol. The predicted octanol–water partition coefficient (Wildman–Crippen LogP) is 1.97. The molecule has 2 aromatic rings. The molecule has 0 aromatic carbocycles. The largest absolute Gasteiger partial charge is 0.264 e. The summed E-state index contributed by atoms with van der Waals surface area (Å²) >= 11 is 0. The van der Waals surface area contributed by atoms with E-state index in [1.54, 1.807) is 6.20 Å². The van der Waals surface area contributed by atoms with Crippen LogP contribution in [0.1, 0.15) is 5.43 Å². The molecule has 1 unspecified atom stereocenters. The number of fused-ring (bicyclic) bond motifs is 1. The van der Waals surface area contributed by atoms with Crippen LogP contribution in [0.2, 0.25) is 0 Å². The number of rotatable bonds is 0. The summed E-state index contributed by atoms with van der Waals surface area (Å²) in [6, 6.07) is 1.96. The van der Waals surface area contributed by atoms with Gasteiger partial charge in [-0.2, -0.15) is 0 Å². The highest BCUT2D eigenvalue weighted by Crippen LogP contribution is 2.24. The van der Waals surface area contributed by atoms with Crippen molar-refractivity contribution in [2.75, 3.05) is 0 Å². The molecule has 0 amide bonds. The Morgan fingerprint density at radius 1 is 1.50 bits per heavy atom. The third kappa shape index (κ3) is 0.812. The van der Waals surface area contributed by atoms with Crippen molar-refractivity contribution in [1.82, 2.24) is 9.97 Å². The minimum Gasteiger partial charge on any atom is -0.264 e. The average molecular weight is 150 g/mol. The normalized spacial score (nSPS) is 11.3. The maximum Gasteiger partial charge on any atom is 0.0777 e. The summed E-state index contributed by atoms with van der Waals surface area (Å²) in [6.07, 6.45) is 3.68. The number of aryl methyl sites for hydroxylation is 1. The van der Waals surface area contributed by atoms with E-state index in [9.17, 15) is 0 Å². The van der Waals surface area contributed by atoms with Gasteiger partial charge in [-0.05, 0) is 13.0 Å². The quantitative estimate of drug-likeness (QED) is 0.573. The topological polar surface area (TPSA) is 25.8 Å². The molecule has 3 heteroatoms. The molecule has 2 aromatic heterocycles. The summed E-state index contributed by atoms with van der Waals surface area (Å²) < 4.78 is 0. The van der Waals surface area contributed by atoms with Gasteiger partial charge in [0.25, 0.3) is 0 Å². The van der Waals surface area contributed by atoms with Crippen molar-refractivity contribution in [3.63, 3.8) is 0 Å². The molecule has 0 saturated heterocycles. The van der Waals surface area contributed by atoms with Gasteiger partial charge in [0.15, 0.2) is 0 Å². The number of nitrogens with zero attached hydrogens (tertiary/aromatic N) is 2. The Bertz CT molecular complexity index is 320. The van der Waals surface area contributed by atoms with Crippen LogP contribution in [-0.4, -0.2) is 9.97 Å². The molecule has 0 fully saturated rings. The number of pyridine rings is 1. The Kier molecular flexibility index (Phi) is 1.21. The molecule has 50 valence electrons. The lowest BCUT2D eigenvalue weighted by molar-refractivity contribution is 1.32. The van der Waals surface area contributed by atoms with E-state index < -0.39 is 0 Å². The van der Waals surface area contributed by atoms with Crippen molar-refractivity contribution < 1.29 is 0 Å². The van der Waals surface area contributed by atoms with Crippen molar-refractivity contribution in [2.45, 2.75) is 6.92 Å². The maximum atomic E-state index is 4.34. The average Bonchev–Trinajstić information content (AvgIpc) is 2.27. The highest BCUT2D eigenvalue weighted by atomic mass is 31.0. The van der Waals surface area contributed by atoms with Gasteiger partial charge in [0.2, 0.25) is 0 Å². The Hall–Kier alpha value is -0.880. The molecule has 0 saturated carbocycles. The highest BCUT2D eigenvalue weighted by Gasteiger charge is 1.94. The van der Waals surface area contributed by atoms with Gasteiger partial charge in [-0.25, -0.2) is 4.98 Å². The fourth-order valence-corrected chi connectivity index (χ4v) is 1.96. The van der Waals surface area contributed by atoms with Crippen LogP contribution in [0.4, 0.5) is 0 Å². The monoisotopic (exact) mass is 150 g/mol. The van der Waals surface area contributed by atoms with Crippen LogP contribution < -0.4 is 0 Å². The van der Waals surface area contributed by atoms with Gasteiger partial charge in [-0.1, -0.05) is 0 Å². The zero-order valence-electron chi connectivity index (χ0n) is 5.63. The first-order valence-electron chi connectivity index (χ1n) is 3.12. The van der Waals surface area contributed by atoms with Gasteiger partial charge < -0.3 is 0 Å². The lowest BCUT2D eigenvalue weighted by Crippen LogP contribution is -1.68. The molecule has 2 heterocycles. The van der Waals surface area contributed by atoms with Crippen LogP contribution in [-0.2, 0) is 0 Å². The molecule has 2 rings (SSSR count). The fraction of sp³-hybridized carbons (Fsp3) is 0.143. The van der Waals surface area contributed by atoms with Gasteiger partial charge in [0.1, 0.15) is 0 Å². The predicted molar refractivity (Wildman–Crippen MR) is 43.8 cm³/mol. The van der Waals surface area contributed by atoms with E-state index in [2.05, 4.69) is 16.9 Å². The highest BCUT2D eigenvalue weighted by molar-refractivity contribution is 7.37. The third-order valence-electron chi connectivity index (χ3n) is 1.40. The Balaban J connectivity index is 2.88. The van der Waals surface area contributed by atoms with Crippen molar-refractivity contribution in [1.29, 1.82) is 0 Å². The van der Waals surface area contributed by atoms with Gasteiger partial charge >= 0.3 is 0 Å². The Morgan fingerprint density at radius 3 is 3.20 bits per heavy atom. The molecule has 0 aliphatic carbocycles. The molecule has 0 spiro atoms. The van der Waals surface area contributed by atoms with Crippen LogP contribution in [0, 0.1) is 6.92 Å². The molecule has 0 aliphatic rings. The standard InChI is InChI=1S/C7H7N2P/c1-5-9-6-2-3-8-4-7(6)10-5/h2-4,10H,1H3. The van der Waals surface area contributed by atoms with E-state index in [1.807, 2.05) is 12.3 Å². The maximum absolute atomic E-state index is 4.34. The second kappa shape index (κ2) is 2.06. The molecular formula is C7H7N2P. The zero-order chi connectivity index (χ0) is 6.97. The van der Waals surface area contributed by atoms with Gasteiger partial charge in [0, 0.05) is 17.5 Å². The summed E-state index contributed by atoms with van der Waals surface area (Å²) in [6.45, 7) is 2.05. The number of hydrogen-bond acceptors (Lipinski definition) is 2. The van der Waals surface area contributed by atoms with Crippen LogP contribution >= 0.6 is 8.19 Å². The number of aromatic nitrogens is 2. The molecule has 0 radical (unpaired) electrons. The smallest absolute Gasteiger partial charge is 0.0777 e. The molecule has 10 heavy (non-hydrogen) atoms. The van der Waals surface area contributed by atoms with E-state index in [-0.39, 0.29) is 0 Å². The second-order valence-corrected chi connectivity index (χ2v) is 3.73. The molecule has 2 nitrogen and oxygen atoms in total. The molecule has 0 N–H and O–H groups in total. The minimum atomic E-state index is 0.741. The minimum absolute atomic E-state index is 0.741. The van der Waals surface area contributed by atoms with E-state index in [0.717, 1.165) is 13.7 Å². The van der Waals surface area contributed by atoms with Crippen LogP contribution in [0.5, 0.6) is 0 Å². The summed E-state index contributed by atoms with van der Waals surface area (Å²) in [5, 5.41) is 1.28. The van der Waals surface area contributed by atoms with Crippen molar-refractivity contribution in [3.05, 3.63) is 23.9 Å². The van der Waals surface area contributed by atoms with E-state index in [4.69, 9.17) is 0 Å². The lowest BCUT2D eigenvalue weighted by atomic mass is 10.4. The summed E-state index contributed by atoms with van der Waals surface area (Å²) in [5.41, 5.74) is 2.31. The second-order valence-electron chi connectivity index (χ2n) is 2.22. The van der Waals surface area contributed by atoms with Gasteiger partial charge in [0.05, 0.1) is 10.9 Å². The first-order valence-corrected chi connectivity index (χ1v) is 4.12. The first kappa shape index (κ1) is 5.87. The fourth-order valence-electron chi connectivity index (χ4n) is 0.984. The zero-order valence-corrected chi connectivity index (χ0v) is 6.63. The Morgan fingerprint density at radius 2 is 2.40 bits per heavy atom. The molecule has 0 bridgehead atoms. The molecule has 1 atom stereocenters. The van der Waals surface area contributed by atoms with E-state index >= 15 is 0 Å². The van der Waals surface area contributed by atoms with Gasteiger partial charge in [-0.3, -0.25) is 4.98 Å². The summed E-state index contributed by atoms with van der Waals surface area (Å²) in [4.78, 5) is 8.37. The van der Waals surface area contributed by atoms with Crippen LogP contribution in [0.25, 0.3) is 10.6 Å². The van der Waals surface area contributed by atoms with Crippen molar-refractivity contribution in [3.8, 4) is 0 Å². The molecule has 0 aliphatic heterocycles. The Labute approximate surface area is 60.4 Å². The first-order chi connectivity index (χ1) is 4.86. The van der Waals surface area contributed by atoms with Crippen LogP contribution in [0.15, 0.2) is 18.5 Å². The SMILES string of the molecule is Cc1nc2ccncc2[pH]1. The lowest BCUT2D eigenvalue weighted by Gasteiger charge is -1.81. The van der Waals surface area contributed by atoms with Crippen molar-refractivity contribution >= 4 is 18.8 Å². The van der Waals surface area contributed by atoms with Crippen molar-refractivity contribution in [2.24, 2.45) is 0 Å². The van der Waals surface area contributed by atoms with Crippen LogP contribution in [0.3, 0.4) is 0 Å². The number of hydrogen-bond donors (Lipinski definition) is 0. The van der Waals surface area contributed by atoms with E-state index in [0.29, 0.717) is 0 Å².